The summed E-state index contributed by atoms with van der Waals surface area (Å²) in [5.74, 6) is -0.308. The van der Waals surface area contributed by atoms with E-state index >= 15 is 0 Å². The molecule has 2 aromatic rings. The summed E-state index contributed by atoms with van der Waals surface area (Å²) in [5, 5.41) is 1.12. The zero-order chi connectivity index (χ0) is 10.3. The van der Waals surface area contributed by atoms with Gasteiger partial charge in [-0.3, -0.25) is 4.98 Å². The third-order valence-corrected chi connectivity index (χ3v) is 3.30. The van der Waals surface area contributed by atoms with Crippen molar-refractivity contribution in [2.24, 2.45) is 0 Å². The molecule has 1 aromatic heterocycles. The molecule has 0 fully saturated rings. The summed E-state index contributed by atoms with van der Waals surface area (Å²) in [5.41, 5.74) is 0.890. The first-order valence-electron chi connectivity index (χ1n) is 4.00. The maximum atomic E-state index is 13.6. The van der Waals surface area contributed by atoms with Crippen molar-refractivity contribution in [2.75, 3.05) is 0 Å². The second kappa shape index (κ2) is 3.48. The highest BCUT2D eigenvalue weighted by Gasteiger charge is 2.09. The monoisotopic (exact) mass is 273 g/mol. The van der Waals surface area contributed by atoms with Crippen LogP contribution in [-0.2, 0) is 0 Å². The SMILES string of the molecule is Cc1ccc2c(Cl)c(Br)cnc2c1F. The second-order valence-electron chi connectivity index (χ2n) is 3.01. The molecule has 0 atom stereocenters. The van der Waals surface area contributed by atoms with Crippen LogP contribution in [0, 0.1) is 12.7 Å². The van der Waals surface area contributed by atoms with Crippen LogP contribution < -0.4 is 0 Å². The molecule has 0 unspecified atom stereocenters. The van der Waals surface area contributed by atoms with Gasteiger partial charge < -0.3 is 0 Å². The number of halogens is 3. The first kappa shape index (κ1) is 9.87. The molecule has 1 heterocycles. The molecule has 0 aliphatic heterocycles. The normalized spacial score (nSPS) is 10.9. The van der Waals surface area contributed by atoms with Crippen LogP contribution in [0.3, 0.4) is 0 Å². The van der Waals surface area contributed by atoms with Crippen molar-refractivity contribution in [2.45, 2.75) is 6.92 Å². The molecule has 0 spiro atoms. The minimum atomic E-state index is -0.308. The fraction of sp³-hybridized carbons (Fsp3) is 0.100. The average Bonchev–Trinajstić information content (AvgIpc) is 2.17. The van der Waals surface area contributed by atoms with Crippen molar-refractivity contribution in [3.63, 3.8) is 0 Å². The molecule has 14 heavy (non-hydrogen) atoms. The van der Waals surface area contributed by atoms with Crippen LogP contribution in [0.2, 0.25) is 5.02 Å². The number of hydrogen-bond donors (Lipinski definition) is 0. The summed E-state index contributed by atoms with van der Waals surface area (Å²) < 4.78 is 14.2. The van der Waals surface area contributed by atoms with Crippen molar-refractivity contribution in [1.82, 2.24) is 4.98 Å². The minimum Gasteiger partial charge on any atom is -0.252 e. The summed E-state index contributed by atoms with van der Waals surface area (Å²) in [6, 6.07) is 3.46. The number of aryl methyl sites for hydroxylation is 1. The molecular formula is C10H6BrClFN. The number of nitrogens with zero attached hydrogens (tertiary/aromatic N) is 1. The van der Waals surface area contributed by atoms with E-state index in [0.717, 1.165) is 0 Å². The van der Waals surface area contributed by atoms with Gasteiger partial charge in [-0.15, -0.1) is 0 Å². The zero-order valence-corrected chi connectivity index (χ0v) is 9.66. The summed E-state index contributed by atoms with van der Waals surface area (Å²) in [4.78, 5) is 4.00. The number of aromatic nitrogens is 1. The smallest absolute Gasteiger partial charge is 0.152 e. The molecule has 2 rings (SSSR count). The zero-order valence-electron chi connectivity index (χ0n) is 7.31. The van der Waals surface area contributed by atoms with Gasteiger partial charge in [0.25, 0.3) is 0 Å². The lowest BCUT2D eigenvalue weighted by atomic mass is 10.1. The van der Waals surface area contributed by atoms with E-state index < -0.39 is 0 Å². The van der Waals surface area contributed by atoms with E-state index in [2.05, 4.69) is 20.9 Å². The van der Waals surface area contributed by atoms with Gasteiger partial charge in [-0.2, -0.15) is 0 Å². The highest BCUT2D eigenvalue weighted by atomic mass is 79.9. The van der Waals surface area contributed by atoms with E-state index in [1.54, 1.807) is 19.1 Å². The van der Waals surface area contributed by atoms with Crippen LogP contribution in [0.4, 0.5) is 4.39 Å². The predicted molar refractivity (Wildman–Crippen MR) is 59.1 cm³/mol. The summed E-state index contributed by atoms with van der Waals surface area (Å²) in [6.45, 7) is 1.70. The molecule has 0 aliphatic carbocycles. The van der Waals surface area contributed by atoms with E-state index in [9.17, 15) is 4.39 Å². The van der Waals surface area contributed by atoms with Crippen molar-refractivity contribution in [3.05, 3.63) is 39.2 Å². The maximum absolute atomic E-state index is 13.6. The van der Waals surface area contributed by atoms with E-state index in [4.69, 9.17) is 11.6 Å². The van der Waals surface area contributed by atoms with E-state index in [1.165, 1.54) is 6.20 Å². The maximum Gasteiger partial charge on any atom is 0.152 e. The highest BCUT2D eigenvalue weighted by molar-refractivity contribution is 9.10. The molecule has 1 nitrogen and oxygen atoms in total. The van der Waals surface area contributed by atoms with Crippen LogP contribution in [0.15, 0.2) is 22.8 Å². The Morgan fingerprint density at radius 2 is 2.14 bits per heavy atom. The lowest BCUT2D eigenvalue weighted by Crippen LogP contribution is -1.89. The van der Waals surface area contributed by atoms with Crippen LogP contribution in [0.5, 0.6) is 0 Å². The number of benzene rings is 1. The summed E-state index contributed by atoms with van der Waals surface area (Å²) in [7, 11) is 0. The van der Waals surface area contributed by atoms with Gasteiger partial charge in [-0.25, -0.2) is 4.39 Å². The third kappa shape index (κ3) is 1.41. The summed E-state index contributed by atoms with van der Waals surface area (Å²) >= 11 is 9.24. The van der Waals surface area contributed by atoms with Crippen molar-refractivity contribution >= 4 is 38.4 Å². The Bertz CT molecular complexity index is 466. The fourth-order valence-electron chi connectivity index (χ4n) is 1.28. The van der Waals surface area contributed by atoms with Crippen LogP contribution in [-0.4, -0.2) is 4.98 Å². The molecule has 0 saturated heterocycles. The van der Waals surface area contributed by atoms with Gasteiger partial charge in [0.05, 0.1) is 9.50 Å². The molecule has 0 aliphatic rings. The van der Waals surface area contributed by atoms with Gasteiger partial charge in [-0.05, 0) is 28.4 Å². The van der Waals surface area contributed by atoms with E-state index in [-0.39, 0.29) is 5.82 Å². The topological polar surface area (TPSA) is 12.9 Å². The number of rotatable bonds is 0. The van der Waals surface area contributed by atoms with E-state index in [1.807, 2.05) is 0 Å². The largest absolute Gasteiger partial charge is 0.252 e. The van der Waals surface area contributed by atoms with Crippen molar-refractivity contribution < 1.29 is 4.39 Å². The summed E-state index contributed by atoms with van der Waals surface area (Å²) in [6.07, 6.45) is 1.51. The van der Waals surface area contributed by atoms with Crippen molar-refractivity contribution in [3.8, 4) is 0 Å². The average molecular weight is 275 g/mol. The number of pyridine rings is 1. The second-order valence-corrected chi connectivity index (χ2v) is 4.25. The standard InChI is InChI=1S/C10H6BrClFN/c1-5-2-3-6-8(12)7(11)4-14-10(6)9(5)13/h2-4H,1H3. The molecule has 0 N–H and O–H groups in total. The van der Waals surface area contributed by atoms with Gasteiger partial charge in [0.2, 0.25) is 0 Å². The fourth-order valence-corrected chi connectivity index (χ4v) is 1.79. The predicted octanol–water partition coefficient (Wildman–Crippen LogP) is 4.10. The Hall–Kier alpha value is -0.670. The van der Waals surface area contributed by atoms with Crippen LogP contribution >= 0.6 is 27.5 Å². The van der Waals surface area contributed by atoms with Gasteiger partial charge in [0.15, 0.2) is 5.82 Å². The Balaban J connectivity index is 2.94. The Kier molecular flexibility index (Phi) is 2.45. The Morgan fingerprint density at radius 3 is 2.86 bits per heavy atom. The highest BCUT2D eigenvalue weighted by Crippen LogP contribution is 2.31. The van der Waals surface area contributed by atoms with Crippen LogP contribution in [0.25, 0.3) is 10.9 Å². The minimum absolute atomic E-state index is 0.308. The molecule has 0 amide bonds. The first-order chi connectivity index (χ1) is 6.61. The van der Waals surface area contributed by atoms with Gasteiger partial charge >= 0.3 is 0 Å². The molecular weight excluding hydrogens is 268 g/mol. The molecule has 0 radical (unpaired) electrons. The van der Waals surface area contributed by atoms with Crippen LogP contribution in [0.1, 0.15) is 5.56 Å². The molecule has 0 saturated carbocycles. The first-order valence-corrected chi connectivity index (χ1v) is 5.17. The van der Waals surface area contributed by atoms with Gasteiger partial charge in [-0.1, -0.05) is 23.7 Å². The van der Waals surface area contributed by atoms with Crippen molar-refractivity contribution in [1.29, 1.82) is 0 Å². The van der Waals surface area contributed by atoms with Gasteiger partial charge in [0.1, 0.15) is 5.52 Å². The number of hydrogen-bond acceptors (Lipinski definition) is 1. The number of fused-ring (bicyclic) bond motifs is 1. The third-order valence-electron chi connectivity index (χ3n) is 2.06. The van der Waals surface area contributed by atoms with E-state index in [0.29, 0.717) is 26.0 Å². The molecule has 1 aromatic carbocycles. The molecule has 4 heteroatoms. The molecule has 72 valence electrons. The van der Waals surface area contributed by atoms with Gasteiger partial charge in [0, 0.05) is 11.6 Å². The Morgan fingerprint density at radius 1 is 1.43 bits per heavy atom. The lowest BCUT2D eigenvalue weighted by Gasteiger charge is -2.04. The lowest BCUT2D eigenvalue weighted by molar-refractivity contribution is 0.627. The Labute approximate surface area is 94.0 Å². The quantitative estimate of drug-likeness (QED) is 0.705. The molecule has 0 bridgehead atoms.